The summed E-state index contributed by atoms with van der Waals surface area (Å²) in [6.45, 7) is 0. The van der Waals surface area contributed by atoms with E-state index in [4.69, 9.17) is 9.47 Å². The second-order valence-corrected chi connectivity index (χ2v) is 8.33. The Labute approximate surface area is 209 Å². The van der Waals surface area contributed by atoms with Gasteiger partial charge in [0, 0.05) is 25.0 Å². The van der Waals surface area contributed by atoms with Gasteiger partial charge in [-0.3, -0.25) is 0 Å². The van der Waals surface area contributed by atoms with E-state index in [2.05, 4.69) is 0 Å². The third-order valence-corrected chi connectivity index (χ3v) is 5.62. The Bertz CT molecular complexity index is 1250. The van der Waals surface area contributed by atoms with Gasteiger partial charge in [-0.2, -0.15) is 0 Å². The van der Waals surface area contributed by atoms with E-state index in [0.717, 1.165) is 18.2 Å². The van der Waals surface area contributed by atoms with E-state index in [1.807, 2.05) is 0 Å². The molecular weight excluding hydrogens is 492 g/mol. The van der Waals surface area contributed by atoms with Crippen molar-refractivity contribution in [2.24, 2.45) is 0 Å². The smallest absolute Gasteiger partial charge is 0.348 e. The van der Waals surface area contributed by atoms with Crippen LogP contribution in [-0.4, -0.2) is 77.6 Å². The summed E-state index contributed by atoms with van der Waals surface area (Å²) >= 11 is 0. The van der Waals surface area contributed by atoms with E-state index in [-0.39, 0.29) is 17.1 Å². The summed E-state index contributed by atoms with van der Waals surface area (Å²) in [5.41, 5.74) is -1.73. The number of phenolic OH excluding ortho intramolecular Hbond substituents is 4. The number of benzene rings is 2. The number of hydrogen-bond acceptors (Lipinski definition) is 11. The predicted octanol–water partition coefficient (Wildman–Crippen LogP) is 1.03. The van der Waals surface area contributed by atoms with E-state index >= 15 is 0 Å². The number of aliphatic carboxylic acids is 1. The SMILES string of the molecule is O=C(C=Cc1ccc(O)c(O)c1)O[C@H]1C[C@@](OC(=O)C=Cc2ccc(O)c(O)c2)(C(=O)O)C[C@@H](O)[C@@H]1O. The number of hydrogen-bond donors (Lipinski definition) is 7. The molecule has 2 aromatic rings. The Hall–Kier alpha value is -4.55. The number of esters is 2. The van der Waals surface area contributed by atoms with Crippen molar-refractivity contribution in [2.45, 2.75) is 36.8 Å². The van der Waals surface area contributed by atoms with Gasteiger partial charge in [-0.05, 0) is 47.5 Å². The maximum atomic E-state index is 12.4. The Balaban J connectivity index is 1.73. The molecule has 0 bridgehead atoms. The lowest BCUT2D eigenvalue weighted by Crippen LogP contribution is -2.58. The fourth-order valence-electron chi connectivity index (χ4n) is 3.68. The molecule has 1 aliphatic rings. The standard InChI is InChI=1S/C25H24O12/c26-15-5-1-13(9-17(15)28)3-7-21(31)36-20-12-25(24(34)35,11-19(30)23(20)33)37-22(32)8-4-14-2-6-16(27)18(29)10-14/h1-10,19-20,23,26-30,33H,11-12H2,(H,34,35)/t19-,20+,23+,25-/m1/s1. The van der Waals surface area contributed by atoms with Gasteiger partial charge in [0.2, 0.25) is 5.60 Å². The minimum atomic E-state index is -2.34. The number of rotatable bonds is 7. The summed E-state index contributed by atoms with van der Waals surface area (Å²) in [4.78, 5) is 36.7. The summed E-state index contributed by atoms with van der Waals surface area (Å²) < 4.78 is 10.2. The number of aromatic hydroxyl groups is 4. The van der Waals surface area contributed by atoms with Crippen molar-refractivity contribution in [1.82, 2.24) is 0 Å². The van der Waals surface area contributed by atoms with E-state index in [1.54, 1.807) is 0 Å². The number of carbonyl (C=O) groups excluding carboxylic acids is 2. The second kappa shape index (κ2) is 11.0. The molecule has 1 aliphatic carbocycles. The average Bonchev–Trinajstić information content (AvgIpc) is 2.83. The molecule has 196 valence electrons. The van der Waals surface area contributed by atoms with Gasteiger partial charge in [0.25, 0.3) is 0 Å². The topological polar surface area (TPSA) is 211 Å². The number of carboxylic acid groups (broad SMARTS) is 1. The molecule has 7 N–H and O–H groups in total. The average molecular weight is 516 g/mol. The second-order valence-electron chi connectivity index (χ2n) is 8.33. The third-order valence-electron chi connectivity index (χ3n) is 5.62. The van der Waals surface area contributed by atoms with Crippen LogP contribution >= 0.6 is 0 Å². The van der Waals surface area contributed by atoms with Gasteiger partial charge >= 0.3 is 17.9 Å². The van der Waals surface area contributed by atoms with E-state index < -0.39 is 66.2 Å². The molecule has 0 aromatic heterocycles. The third kappa shape index (κ3) is 6.57. The summed E-state index contributed by atoms with van der Waals surface area (Å²) in [5, 5.41) is 68.0. The molecular formula is C25H24O12. The Morgan fingerprint density at radius 2 is 1.30 bits per heavy atom. The van der Waals surface area contributed by atoms with Gasteiger partial charge < -0.3 is 45.2 Å². The summed E-state index contributed by atoms with van der Waals surface area (Å²) in [6.07, 6.45) is -2.09. The highest BCUT2D eigenvalue weighted by atomic mass is 16.6. The van der Waals surface area contributed by atoms with Crippen LogP contribution in [0, 0.1) is 0 Å². The van der Waals surface area contributed by atoms with Crippen LogP contribution in [0.2, 0.25) is 0 Å². The van der Waals surface area contributed by atoms with E-state index in [9.17, 15) is 50.1 Å². The van der Waals surface area contributed by atoms with Crippen LogP contribution in [-0.2, 0) is 23.9 Å². The number of phenols is 4. The molecule has 3 rings (SSSR count). The fourth-order valence-corrected chi connectivity index (χ4v) is 3.68. The Morgan fingerprint density at radius 1 is 0.784 bits per heavy atom. The number of ether oxygens (including phenoxy) is 2. The first kappa shape index (κ1) is 27.0. The van der Waals surface area contributed by atoms with Crippen LogP contribution in [0.5, 0.6) is 23.0 Å². The number of aliphatic hydroxyl groups excluding tert-OH is 2. The predicted molar refractivity (Wildman–Crippen MR) is 125 cm³/mol. The van der Waals surface area contributed by atoms with Crippen LogP contribution in [0.15, 0.2) is 48.6 Å². The van der Waals surface area contributed by atoms with Crippen LogP contribution in [0.4, 0.5) is 0 Å². The maximum Gasteiger partial charge on any atom is 0.348 e. The van der Waals surface area contributed by atoms with Crippen LogP contribution < -0.4 is 0 Å². The summed E-state index contributed by atoms with van der Waals surface area (Å²) in [5.74, 6) is -5.41. The van der Waals surface area contributed by atoms with Gasteiger partial charge in [-0.15, -0.1) is 0 Å². The number of aliphatic hydroxyl groups is 2. The molecule has 0 radical (unpaired) electrons. The van der Waals surface area contributed by atoms with Gasteiger partial charge in [-0.25, -0.2) is 14.4 Å². The van der Waals surface area contributed by atoms with E-state index in [0.29, 0.717) is 5.56 Å². The largest absolute Gasteiger partial charge is 0.504 e. The van der Waals surface area contributed by atoms with Crippen molar-refractivity contribution in [3.8, 4) is 23.0 Å². The van der Waals surface area contributed by atoms with Crippen molar-refractivity contribution in [2.75, 3.05) is 0 Å². The van der Waals surface area contributed by atoms with Crippen molar-refractivity contribution in [3.63, 3.8) is 0 Å². The van der Waals surface area contributed by atoms with Crippen LogP contribution in [0.25, 0.3) is 12.2 Å². The van der Waals surface area contributed by atoms with Crippen LogP contribution in [0.3, 0.4) is 0 Å². The number of carbonyl (C=O) groups is 3. The van der Waals surface area contributed by atoms with Gasteiger partial charge in [0.15, 0.2) is 23.0 Å². The molecule has 0 aliphatic heterocycles. The quantitative estimate of drug-likeness (QED) is 0.156. The fraction of sp³-hybridized carbons (Fsp3) is 0.240. The van der Waals surface area contributed by atoms with Crippen molar-refractivity contribution in [1.29, 1.82) is 0 Å². The maximum absolute atomic E-state index is 12.4. The monoisotopic (exact) mass is 516 g/mol. The first-order valence-corrected chi connectivity index (χ1v) is 10.8. The molecule has 0 heterocycles. The highest BCUT2D eigenvalue weighted by Crippen LogP contribution is 2.35. The number of carboxylic acids is 1. The molecule has 2 aromatic carbocycles. The molecule has 12 nitrogen and oxygen atoms in total. The first-order chi connectivity index (χ1) is 17.4. The van der Waals surface area contributed by atoms with E-state index in [1.165, 1.54) is 42.5 Å². The van der Waals surface area contributed by atoms with Gasteiger partial charge in [-0.1, -0.05) is 12.1 Å². The van der Waals surface area contributed by atoms with Gasteiger partial charge in [0.05, 0.1) is 6.10 Å². The van der Waals surface area contributed by atoms with Crippen LogP contribution in [0.1, 0.15) is 24.0 Å². The van der Waals surface area contributed by atoms with Crippen molar-refractivity contribution in [3.05, 3.63) is 59.7 Å². The highest BCUT2D eigenvalue weighted by molar-refractivity contribution is 5.91. The zero-order valence-electron chi connectivity index (χ0n) is 19.1. The molecule has 0 saturated heterocycles. The minimum absolute atomic E-state index is 0.288. The molecule has 1 saturated carbocycles. The molecule has 12 heteroatoms. The van der Waals surface area contributed by atoms with Crippen molar-refractivity contribution < 1.29 is 59.6 Å². The van der Waals surface area contributed by atoms with Gasteiger partial charge in [0.1, 0.15) is 12.2 Å². The molecule has 0 amide bonds. The summed E-state index contributed by atoms with van der Waals surface area (Å²) in [7, 11) is 0. The zero-order chi connectivity index (χ0) is 27.3. The molecule has 1 fully saturated rings. The first-order valence-electron chi connectivity index (χ1n) is 10.8. The molecule has 0 unspecified atom stereocenters. The highest BCUT2D eigenvalue weighted by Gasteiger charge is 2.54. The molecule has 0 spiro atoms. The molecule has 4 atom stereocenters. The Kier molecular flexibility index (Phi) is 8.05. The lowest BCUT2D eigenvalue weighted by Gasteiger charge is -2.41. The minimum Gasteiger partial charge on any atom is -0.504 e. The summed E-state index contributed by atoms with van der Waals surface area (Å²) in [6, 6.07) is 7.44. The zero-order valence-corrected chi connectivity index (χ0v) is 19.1. The lowest BCUT2D eigenvalue weighted by molar-refractivity contribution is -0.207. The lowest BCUT2D eigenvalue weighted by atomic mass is 9.79. The van der Waals surface area contributed by atoms with Crippen molar-refractivity contribution >= 4 is 30.1 Å². The normalized spacial score (nSPS) is 23.7. The Morgan fingerprint density at radius 3 is 1.78 bits per heavy atom. The molecule has 37 heavy (non-hydrogen) atoms.